The number of carbonyl (C=O) groups excluding carboxylic acids is 1. The van der Waals surface area contributed by atoms with E-state index < -0.39 is 35.0 Å². The van der Waals surface area contributed by atoms with Crippen LogP contribution < -0.4 is 0 Å². The van der Waals surface area contributed by atoms with Crippen molar-refractivity contribution >= 4 is 5.78 Å². The fourth-order valence-corrected chi connectivity index (χ4v) is 1.30. The molecule has 0 saturated carbocycles. The van der Waals surface area contributed by atoms with Crippen LogP contribution in [0.3, 0.4) is 0 Å². The Balaban J connectivity index is 2.42. The fraction of sp³-hybridized carbons (Fsp3) is 0.100. The lowest BCUT2D eigenvalue weighted by Crippen LogP contribution is -2.23. The van der Waals surface area contributed by atoms with Gasteiger partial charge in [0.15, 0.2) is 17.3 Å². The Labute approximate surface area is 102 Å². The van der Waals surface area contributed by atoms with Gasteiger partial charge in [-0.25, -0.2) is 13.5 Å². The number of Topliss-reactive ketones (excluding diaryl/α,β-unsaturated/α-hetero) is 1. The number of benzene rings is 1. The minimum atomic E-state index is -5.11. The maximum absolute atomic E-state index is 13.4. The molecule has 0 spiro atoms. The summed E-state index contributed by atoms with van der Waals surface area (Å²) in [5, 5.41) is 6.15. The summed E-state index contributed by atoms with van der Waals surface area (Å²) in [5.41, 5.74) is -1.45. The van der Waals surface area contributed by atoms with E-state index in [-0.39, 0.29) is 0 Å². The standard InChI is InChI=1S/C10H4F5N3O/c11-5-2-1-3-7(8(5)12)18-4-6(16-17-18)9(19)10(13,14)15/h1-4H. The molecular weight excluding hydrogens is 273 g/mol. The monoisotopic (exact) mass is 277 g/mol. The van der Waals surface area contributed by atoms with Gasteiger partial charge in [0.05, 0.1) is 6.20 Å². The van der Waals surface area contributed by atoms with Crippen molar-refractivity contribution in [2.75, 3.05) is 0 Å². The molecule has 0 aliphatic carbocycles. The Hall–Kier alpha value is -2.32. The fourth-order valence-electron chi connectivity index (χ4n) is 1.30. The predicted molar refractivity (Wildman–Crippen MR) is 51.7 cm³/mol. The zero-order valence-corrected chi connectivity index (χ0v) is 8.95. The van der Waals surface area contributed by atoms with Crippen LogP contribution >= 0.6 is 0 Å². The number of hydrogen-bond donors (Lipinski definition) is 0. The van der Waals surface area contributed by atoms with E-state index in [0.717, 1.165) is 18.2 Å². The van der Waals surface area contributed by atoms with Crippen LogP contribution in [0.4, 0.5) is 22.0 Å². The minimum absolute atomic E-state index is 0.450. The van der Waals surface area contributed by atoms with E-state index in [4.69, 9.17) is 0 Å². The highest BCUT2D eigenvalue weighted by Gasteiger charge is 2.41. The van der Waals surface area contributed by atoms with Gasteiger partial charge < -0.3 is 0 Å². The lowest BCUT2D eigenvalue weighted by atomic mass is 10.3. The Morgan fingerprint density at radius 2 is 1.89 bits per heavy atom. The van der Waals surface area contributed by atoms with Gasteiger partial charge in [0.2, 0.25) is 0 Å². The van der Waals surface area contributed by atoms with Crippen LogP contribution in [-0.2, 0) is 0 Å². The molecule has 0 fully saturated rings. The molecule has 0 aliphatic rings. The van der Waals surface area contributed by atoms with Gasteiger partial charge in [-0.15, -0.1) is 5.10 Å². The molecule has 9 heteroatoms. The first-order valence-corrected chi connectivity index (χ1v) is 4.79. The van der Waals surface area contributed by atoms with Crippen LogP contribution in [0.15, 0.2) is 24.4 Å². The quantitative estimate of drug-likeness (QED) is 0.625. The largest absolute Gasteiger partial charge is 0.456 e. The van der Waals surface area contributed by atoms with Gasteiger partial charge >= 0.3 is 6.18 Å². The molecule has 2 rings (SSSR count). The van der Waals surface area contributed by atoms with Gasteiger partial charge in [0.1, 0.15) is 5.69 Å². The van der Waals surface area contributed by atoms with Crippen molar-refractivity contribution < 1.29 is 26.7 Å². The topological polar surface area (TPSA) is 47.8 Å². The Bertz CT molecular complexity index is 634. The SMILES string of the molecule is O=C(c1cn(-c2cccc(F)c2F)nn1)C(F)(F)F. The molecule has 0 bridgehead atoms. The normalized spacial score (nSPS) is 11.6. The van der Waals surface area contributed by atoms with Crippen LogP contribution in [0.2, 0.25) is 0 Å². The maximum Gasteiger partial charge on any atom is 0.456 e. The molecule has 0 saturated heterocycles. The van der Waals surface area contributed by atoms with Crippen molar-refractivity contribution in [2.24, 2.45) is 0 Å². The van der Waals surface area contributed by atoms with Crippen LogP contribution in [0.5, 0.6) is 0 Å². The number of aromatic nitrogens is 3. The third-order valence-corrected chi connectivity index (χ3v) is 2.16. The van der Waals surface area contributed by atoms with Gasteiger partial charge in [0, 0.05) is 0 Å². The highest BCUT2D eigenvalue weighted by Crippen LogP contribution is 2.21. The van der Waals surface area contributed by atoms with Crippen molar-refractivity contribution in [3.05, 3.63) is 41.7 Å². The molecule has 100 valence electrons. The molecular formula is C10H4F5N3O. The first-order chi connectivity index (χ1) is 8.80. The lowest BCUT2D eigenvalue weighted by Gasteiger charge is -2.02. The van der Waals surface area contributed by atoms with E-state index in [2.05, 4.69) is 10.3 Å². The second kappa shape index (κ2) is 4.41. The van der Waals surface area contributed by atoms with Crippen LogP contribution in [0, 0.1) is 11.6 Å². The summed E-state index contributed by atoms with van der Waals surface area (Å²) in [6.45, 7) is 0. The maximum atomic E-state index is 13.4. The highest BCUT2D eigenvalue weighted by molar-refractivity contribution is 5.98. The second-order valence-electron chi connectivity index (χ2n) is 3.45. The Morgan fingerprint density at radius 3 is 2.53 bits per heavy atom. The molecule has 0 amide bonds. The number of rotatable bonds is 2. The van der Waals surface area contributed by atoms with Crippen LogP contribution in [-0.4, -0.2) is 27.0 Å². The number of halogens is 5. The summed E-state index contributed by atoms with van der Waals surface area (Å²) < 4.78 is 63.2. The predicted octanol–water partition coefficient (Wildman–Crippen LogP) is 2.29. The number of alkyl halides is 3. The molecule has 4 nitrogen and oxygen atoms in total. The number of ketones is 1. The summed E-state index contributed by atoms with van der Waals surface area (Å²) in [7, 11) is 0. The van der Waals surface area contributed by atoms with Crippen molar-refractivity contribution in [1.29, 1.82) is 0 Å². The van der Waals surface area contributed by atoms with Gasteiger partial charge in [-0.2, -0.15) is 13.2 Å². The zero-order chi connectivity index (χ0) is 14.2. The number of carbonyl (C=O) groups is 1. The summed E-state index contributed by atoms with van der Waals surface area (Å²) >= 11 is 0. The van der Waals surface area contributed by atoms with E-state index in [9.17, 15) is 26.7 Å². The zero-order valence-electron chi connectivity index (χ0n) is 8.95. The van der Waals surface area contributed by atoms with Gasteiger partial charge in [0.25, 0.3) is 5.78 Å². The third-order valence-electron chi connectivity index (χ3n) is 2.16. The molecule has 1 heterocycles. The second-order valence-corrected chi connectivity index (χ2v) is 3.45. The van der Waals surface area contributed by atoms with Crippen molar-refractivity contribution in [3.63, 3.8) is 0 Å². The molecule has 0 aliphatic heterocycles. The van der Waals surface area contributed by atoms with Crippen molar-refractivity contribution in [1.82, 2.24) is 15.0 Å². The molecule has 0 N–H and O–H groups in total. The summed E-state index contributed by atoms with van der Waals surface area (Å²) in [5.74, 6) is -4.72. The Morgan fingerprint density at radius 1 is 1.21 bits per heavy atom. The molecule has 19 heavy (non-hydrogen) atoms. The summed E-state index contributed by atoms with van der Waals surface area (Å²) in [6, 6.07) is 3.05. The first-order valence-electron chi connectivity index (χ1n) is 4.79. The van der Waals surface area contributed by atoms with E-state index in [0.29, 0.717) is 10.9 Å². The van der Waals surface area contributed by atoms with Gasteiger partial charge in [-0.3, -0.25) is 4.79 Å². The van der Waals surface area contributed by atoms with Crippen molar-refractivity contribution in [3.8, 4) is 5.69 Å². The van der Waals surface area contributed by atoms with Gasteiger partial charge in [-0.1, -0.05) is 11.3 Å². The minimum Gasteiger partial charge on any atom is -0.282 e. The van der Waals surface area contributed by atoms with E-state index in [1.807, 2.05) is 0 Å². The lowest BCUT2D eigenvalue weighted by molar-refractivity contribution is -0.0888. The smallest absolute Gasteiger partial charge is 0.282 e. The summed E-state index contributed by atoms with van der Waals surface area (Å²) in [6.07, 6.45) is -4.53. The Kier molecular flexibility index (Phi) is 3.05. The molecule has 0 unspecified atom stereocenters. The van der Waals surface area contributed by atoms with E-state index >= 15 is 0 Å². The number of hydrogen-bond acceptors (Lipinski definition) is 3. The molecule has 2 aromatic rings. The molecule has 0 atom stereocenters. The average molecular weight is 277 g/mol. The highest BCUT2D eigenvalue weighted by atomic mass is 19.4. The third kappa shape index (κ3) is 2.44. The van der Waals surface area contributed by atoms with E-state index in [1.165, 1.54) is 0 Å². The molecule has 1 aromatic carbocycles. The number of nitrogens with zero attached hydrogens (tertiary/aromatic N) is 3. The van der Waals surface area contributed by atoms with Crippen LogP contribution in [0.25, 0.3) is 5.69 Å². The van der Waals surface area contributed by atoms with E-state index in [1.54, 1.807) is 0 Å². The molecule has 0 radical (unpaired) electrons. The first kappa shape index (κ1) is 13.1. The van der Waals surface area contributed by atoms with Crippen molar-refractivity contribution in [2.45, 2.75) is 6.18 Å². The van der Waals surface area contributed by atoms with Crippen LogP contribution in [0.1, 0.15) is 10.5 Å². The van der Waals surface area contributed by atoms with Gasteiger partial charge in [-0.05, 0) is 12.1 Å². The molecule has 1 aromatic heterocycles. The summed E-state index contributed by atoms with van der Waals surface area (Å²) in [4.78, 5) is 10.9. The average Bonchev–Trinajstić information content (AvgIpc) is 2.79.